The van der Waals surface area contributed by atoms with Crippen LogP contribution in [0.3, 0.4) is 0 Å². The number of imide groups is 1. The van der Waals surface area contributed by atoms with Crippen molar-refractivity contribution in [2.24, 2.45) is 0 Å². The van der Waals surface area contributed by atoms with Gasteiger partial charge in [-0.2, -0.15) is 0 Å². The number of nitrogens with one attached hydrogen (secondary N) is 1. The molecule has 1 N–H and O–H groups in total. The Morgan fingerprint density at radius 3 is 2.54 bits per heavy atom. The molecule has 1 heterocycles. The summed E-state index contributed by atoms with van der Waals surface area (Å²) < 4.78 is 6.73. The number of hydrogen-bond donors (Lipinski definition) is 1. The highest BCUT2D eigenvalue weighted by Gasteiger charge is 2.36. The number of carbonyl (C=O) groups is 3. The van der Waals surface area contributed by atoms with Gasteiger partial charge in [0.25, 0.3) is 11.1 Å². The number of para-hydroxylation sites is 1. The highest BCUT2D eigenvalue weighted by atomic mass is 79.9. The Bertz CT molecular complexity index is 1330. The summed E-state index contributed by atoms with van der Waals surface area (Å²) >= 11 is 16.2. The summed E-state index contributed by atoms with van der Waals surface area (Å²) in [5.41, 5.74) is 1.94. The third-order valence-electron chi connectivity index (χ3n) is 4.89. The summed E-state index contributed by atoms with van der Waals surface area (Å²) in [6, 6.07) is 19.4. The number of carbonyl (C=O) groups excluding carboxylic acids is 3. The van der Waals surface area contributed by atoms with E-state index in [4.69, 9.17) is 27.9 Å². The molecular formula is C25H17BrCl2N2O4S. The van der Waals surface area contributed by atoms with Gasteiger partial charge in [-0.05, 0) is 65.9 Å². The van der Waals surface area contributed by atoms with Gasteiger partial charge in [0.2, 0.25) is 5.91 Å². The maximum Gasteiger partial charge on any atom is 0.294 e. The third-order valence-corrected chi connectivity index (χ3v) is 6.87. The van der Waals surface area contributed by atoms with E-state index in [2.05, 4.69) is 21.2 Å². The maximum absolute atomic E-state index is 12.9. The van der Waals surface area contributed by atoms with Gasteiger partial charge in [-0.3, -0.25) is 19.3 Å². The van der Waals surface area contributed by atoms with Gasteiger partial charge in [-0.25, -0.2) is 0 Å². The summed E-state index contributed by atoms with van der Waals surface area (Å²) in [5.74, 6) is -0.555. The van der Waals surface area contributed by atoms with Crippen LogP contribution < -0.4 is 10.1 Å². The fraction of sp³-hybridized carbons (Fsp3) is 0.0800. The lowest BCUT2D eigenvalue weighted by Gasteiger charge is -2.13. The largest absolute Gasteiger partial charge is 0.488 e. The van der Waals surface area contributed by atoms with E-state index in [1.54, 1.807) is 54.6 Å². The third kappa shape index (κ3) is 6.46. The number of benzene rings is 3. The van der Waals surface area contributed by atoms with Crippen LogP contribution in [0.4, 0.5) is 10.5 Å². The minimum absolute atomic E-state index is 0.190. The molecule has 3 amide bonds. The number of nitrogens with zero attached hydrogens (tertiary/aromatic N) is 1. The van der Waals surface area contributed by atoms with Gasteiger partial charge in [-0.1, -0.05) is 63.4 Å². The summed E-state index contributed by atoms with van der Waals surface area (Å²) in [6.07, 6.45) is 1.58. The quantitative estimate of drug-likeness (QED) is 0.299. The number of amides is 3. The van der Waals surface area contributed by atoms with Crippen LogP contribution in [0, 0.1) is 0 Å². The summed E-state index contributed by atoms with van der Waals surface area (Å²) in [6.45, 7) is -0.130. The zero-order valence-corrected chi connectivity index (χ0v) is 21.9. The Labute approximate surface area is 224 Å². The van der Waals surface area contributed by atoms with E-state index in [0.29, 0.717) is 33.7 Å². The summed E-state index contributed by atoms with van der Waals surface area (Å²) in [5, 5.41) is 3.07. The van der Waals surface area contributed by atoms with Gasteiger partial charge in [0.1, 0.15) is 18.9 Å². The fourth-order valence-electron chi connectivity index (χ4n) is 3.18. The van der Waals surface area contributed by atoms with E-state index < -0.39 is 23.6 Å². The molecule has 178 valence electrons. The Kier molecular flexibility index (Phi) is 8.18. The number of rotatable bonds is 7. The zero-order valence-electron chi connectivity index (χ0n) is 18.0. The fourth-order valence-corrected chi connectivity index (χ4v) is 4.70. The minimum Gasteiger partial charge on any atom is -0.488 e. The van der Waals surface area contributed by atoms with E-state index in [1.165, 1.54) is 0 Å². The molecule has 1 fully saturated rings. The SMILES string of the molecule is O=C(CN1C(=O)S/C(=C/c2cc(Br)ccc2OCc2ccc(Cl)cc2)C1=O)Nc1ccccc1Cl. The molecule has 35 heavy (non-hydrogen) atoms. The van der Waals surface area contributed by atoms with Crippen molar-refractivity contribution in [3.8, 4) is 5.75 Å². The van der Waals surface area contributed by atoms with E-state index in [-0.39, 0.29) is 4.91 Å². The lowest BCUT2D eigenvalue weighted by Crippen LogP contribution is -2.36. The normalized spacial score (nSPS) is 14.5. The summed E-state index contributed by atoms with van der Waals surface area (Å²) in [7, 11) is 0. The Hall–Kier alpha value is -2.78. The first-order valence-electron chi connectivity index (χ1n) is 10.3. The van der Waals surface area contributed by atoms with Crippen molar-refractivity contribution in [1.82, 2.24) is 4.90 Å². The van der Waals surface area contributed by atoms with Gasteiger partial charge < -0.3 is 10.1 Å². The first-order chi connectivity index (χ1) is 16.8. The number of hydrogen-bond acceptors (Lipinski definition) is 5. The van der Waals surface area contributed by atoms with Crippen molar-refractivity contribution in [3.05, 3.63) is 97.3 Å². The highest BCUT2D eigenvalue weighted by Crippen LogP contribution is 2.35. The Morgan fingerprint density at radius 2 is 1.80 bits per heavy atom. The predicted octanol–water partition coefficient (Wildman–Crippen LogP) is 7.01. The van der Waals surface area contributed by atoms with Crippen LogP contribution in [0.2, 0.25) is 10.0 Å². The molecule has 0 aromatic heterocycles. The molecule has 3 aromatic carbocycles. The Balaban J connectivity index is 1.48. The van der Waals surface area contributed by atoms with Crippen molar-refractivity contribution >= 4 is 79.7 Å². The first-order valence-corrected chi connectivity index (χ1v) is 12.6. The van der Waals surface area contributed by atoms with Crippen LogP contribution in [0.5, 0.6) is 5.75 Å². The molecule has 1 saturated heterocycles. The lowest BCUT2D eigenvalue weighted by atomic mass is 10.1. The lowest BCUT2D eigenvalue weighted by molar-refractivity contribution is -0.127. The second-order valence-corrected chi connectivity index (χ2v) is 10.1. The van der Waals surface area contributed by atoms with Crippen molar-refractivity contribution in [2.45, 2.75) is 6.61 Å². The standard InChI is InChI=1S/C25H17BrCl2N2O4S/c26-17-7-10-21(34-14-15-5-8-18(27)9-6-15)16(11-17)12-22-24(32)30(25(33)35-22)13-23(31)29-20-4-2-1-3-19(20)28/h1-12H,13-14H2,(H,29,31)/b22-12+. The molecule has 3 aromatic rings. The molecular weight excluding hydrogens is 575 g/mol. The van der Waals surface area contributed by atoms with Crippen LogP contribution >= 0.6 is 50.9 Å². The molecule has 0 atom stereocenters. The monoisotopic (exact) mass is 590 g/mol. The molecule has 0 aliphatic carbocycles. The predicted molar refractivity (Wildman–Crippen MR) is 143 cm³/mol. The van der Waals surface area contributed by atoms with Crippen molar-refractivity contribution in [1.29, 1.82) is 0 Å². The maximum atomic E-state index is 12.9. The van der Waals surface area contributed by atoms with Crippen LogP contribution in [0.25, 0.3) is 6.08 Å². The van der Waals surface area contributed by atoms with E-state index in [1.807, 2.05) is 18.2 Å². The molecule has 1 aliphatic rings. The molecule has 0 unspecified atom stereocenters. The number of thioether (sulfide) groups is 1. The zero-order chi connectivity index (χ0) is 24.9. The molecule has 6 nitrogen and oxygen atoms in total. The topological polar surface area (TPSA) is 75.7 Å². The van der Waals surface area contributed by atoms with Gasteiger partial charge in [-0.15, -0.1) is 0 Å². The number of halogens is 3. The van der Waals surface area contributed by atoms with E-state index >= 15 is 0 Å². The molecule has 4 rings (SSSR count). The minimum atomic E-state index is -0.557. The second kappa shape index (κ2) is 11.3. The van der Waals surface area contributed by atoms with Gasteiger partial charge in [0.05, 0.1) is 15.6 Å². The molecule has 10 heteroatoms. The second-order valence-electron chi connectivity index (χ2n) is 7.39. The molecule has 0 spiro atoms. The molecule has 0 saturated carbocycles. The average molecular weight is 592 g/mol. The van der Waals surface area contributed by atoms with Crippen LogP contribution in [-0.4, -0.2) is 28.5 Å². The van der Waals surface area contributed by atoms with E-state index in [0.717, 1.165) is 26.7 Å². The smallest absolute Gasteiger partial charge is 0.294 e. The molecule has 1 aliphatic heterocycles. The number of anilines is 1. The molecule has 0 bridgehead atoms. The molecule has 0 radical (unpaired) electrons. The van der Waals surface area contributed by atoms with Crippen LogP contribution in [0.15, 0.2) is 76.1 Å². The van der Waals surface area contributed by atoms with E-state index in [9.17, 15) is 14.4 Å². The van der Waals surface area contributed by atoms with Crippen LogP contribution in [-0.2, 0) is 16.2 Å². The highest BCUT2D eigenvalue weighted by molar-refractivity contribution is 9.10. The Morgan fingerprint density at radius 1 is 1.06 bits per heavy atom. The van der Waals surface area contributed by atoms with Gasteiger partial charge in [0, 0.05) is 15.1 Å². The van der Waals surface area contributed by atoms with Crippen molar-refractivity contribution in [2.75, 3.05) is 11.9 Å². The van der Waals surface area contributed by atoms with Crippen LogP contribution in [0.1, 0.15) is 11.1 Å². The van der Waals surface area contributed by atoms with Gasteiger partial charge >= 0.3 is 0 Å². The van der Waals surface area contributed by atoms with Crippen molar-refractivity contribution < 1.29 is 19.1 Å². The number of ether oxygens (including phenoxy) is 1. The summed E-state index contributed by atoms with van der Waals surface area (Å²) in [4.78, 5) is 39.0. The first kappa shape index (κ1) is 25.3. The van der Waals surface area contributed by atoms with Crippen molar-refractivity contribution in [3.63, 3.8) is 0 Å². The average Bonchev–Trinajstić information content (AvgIpc) is 3.08. The van der Waals surface area contributed by atoms with Gasteiger partial charge in [0.15, 0.2) is 0 Å².